The fourth-order valence-electron chi connectivity index (χ4n) is 8.55. The lowest BCUT2D eigenvalue weighted by Gasteiger charge is -2.10. The fraction of sp³-hybridized carbons (Fsp3) is 0.333. The summed E-state index contributed by atoms with van der Waals surface area (Å²) >= 11 is 6.15. The van der Waals surface area contributed by atoms with Gasteiger partial charge in [0.2, 0.25) is 17.2 Å². The first-order chi connectivity index (χ1) is 43.2. The standard InChI is InChI=1S/C31H38ClN15.C29H38N12O.4ClH/c1-44-19-20-45(2)30(44)42-40-25-11-7-23(8-12-25)33-15-5-17-35-28-37-27(32)38-29(39-28)36-18-6-16-34-24-9-13-26(14-10-24)41-43-31-46(3)21-22-47(31)4;1-38-19-20-39(2)28(38)36-34-25-11-7-23(8-12-25)30-15-5-17-32-27(42)33-18-6-16-31-24-9-13-26(14-10-24)35-37-29-40(3)21-22-41(29)4;;;;/h7-14,19-22H,5-6,15-18H2,1-4H3,(H2,35,36,37,38,39);7-14,19-22H,5-6,15-18H2,1-4H3,(H2,32,33,42);4*1H. The molecule has 0 aliphatic carbocycles. The average Bonchev–Trinajstić information content (AvgIpc) is 2.30. The van der Waals surface area contributed by atoms with Gasteiger partial charge in [-0.15, -0.1) is 0 Å². The summed E-state index contributed by atoms with van der Waals surface area (Å²) in [5.41, 5.74) is 7.14. The highest BCUT2D eigenvalue weighted by Gasteiger charge is 2.14. The van der Waals surface area contributed by atoms with Crippen LogP contribution in [0, 0.1) is 0 Å². The van der Waals surface area contributed by atoms with Crippen molar-refractivity contribution in [1.82, 2.24) is 43.9 Å². The molecule has 0 unspecified atom stereocenters. The summed E-state index contributed by atoms with van der Waals surface area (Å²) in [6.07, 6.45) is 18.8. The molecule has 0 spiro atoms. The van der Waals surface area contributed by atoms with Gasteiger partial charge in [0.15, 0.2) is 0 Å². The maximum Gasteiger partial charge on any atom is 0.421 e. The highest BCUT2D eigenvalue weighted by molar-refractivity contribution is 6.28. The van der Waals surface area contributed by atoms with E-state index in [0.29, 0.717) is 38.1 Å². The molecule has 5 heterocycles. The number of carbonyl (C=O) groups excluding carboxylic acids is 1. The highest BCUT2D eigenvalue weighted by Crippen LogP contribution is 2.23. The lowest BCUT2D eigenvalue weighted by Crippen LogP contribution is -3.00. The highest BCUT2D eigenvalue weighted by atomic mass is 35.5. The number of benzene rings is 4. The number of azo groups is 4. The molecule has 33 heteroatoms. The molecule has 0 saturated heterocycles. The Bertz CT molecular complexity index is 3470. The summed E-state index contributed by atoms with van der Waals surface area (Å²) in [4.78, 5) is 24.9. The minimum absolute atomic E-state index is 0. The number of rotatable bonds is 30. The van der Waals surface area contributed by atoms with Crippen LogP contribution < -0.4 is 110 Å². The van der Waals surface area contributed by atoms with E-state index in [1.54, 1.807) is 0 Å². The van der Waals surface area contributed by atoms with E-state index in [1.807, 2.05) is 240 Å². The van der Waals surface area contributed by atoms with Gasteiger partial charge in [-0.1, -0.05) is 20.5 Å². The molecular formula is C60H80Cl5N27O. The third kappa shape index (κ3) is 25.0. The van der Waals surface area contributed by atoms with Crippen molar-refractivity contribution in [3.05, 3.63) is 152 Å². The van der Waals surface area contributed by atoms with Crippen LogP contribution in [0.1, 0.15) is 25.7 Å². The van der Waals surface area contributed by atoms with Crippen molar-refractivity contribution in [3.8, 4) is 0 Å². The second kappa shape index (κ2) is 39.8. The van der Waals surface area contributed by atoms with Crippen LogP contribution in [0.25, 0.3) is 0 Å². The van der Waals surface area contributed by atoms with Crippen LogP contribution in [0.2, 0.25) is 5.28 Å². The topological polar surface area (TPSA) is 286 Å². The largest absolute Gasteiger partial charge is 1.00 e. The zero-order chi connectivity index (χ0) is 62.7. The third-order valence-electron chi connectivity index (χ3n) is 13.5. The smallest absolute Gasteiger partial charge is 0.421 e. The summed E-state index contributed by atoms with van der Waals surface area (Å²) < 4.78 is 15.3. The number of hydrogen-bond acceptors (Lipinski definition) is 18. The lowest BCUT2D eigenvalue weighted by atomic mass is 10.3. The van der Waals surface area contributed by atoms with Crippen LogP contribution in [-0.2, 0) is 56.4 Å². The number of anilines is 6. The number of halogens is 5. The van der Waals surface area contributed by atoms with E-state index in [-0.39, 0.29) is 60.9 Å². The Morgan fingerprint density at radius 2 is 0.602 bits per heavy atom. The van der Waals surface area contributed by atoms with E-state index in [4.69, 9.17) is 11.6 Å². The normalized spacial score (nSPS) is 10.9. The Kier molecular flexibility index (Phi) is 32.6. The van der Waals surface area contributed by atoms with Crippen molar-refractivity contribution >= 4 is 98.8 Å². The Morgan fingerprint density at radius 1 is 0.366 bits per heavy atom. The van der Waals surface area contributed by atoms with Crippen molar-refractivity contribution < 1.29 is 72.7 Å². The van der Waals surface area contributed by atoms with Gasteiger partial charge < -0.3 is 92.2 Å². The third-order valence-corrected chi connectivity index (χ3v) is 13.7. The van der Waals surface area contributed by atoms with Crippen LogP contribution >= 0.6 is 11.6 Å². The van der Waals surface area contributed by atoms with Crippen LogP contribution in [0.5, 0.6) is 0 Å². The first kappa shape index (κ1) is 76.1. The van der Waals surface area contributed by atoms with E-state index in [1.165, 1.54) is 0 Å². The molecular weight excluding hydrogens is 1290 g/mol. The molecule has 0 aliphatic heterocycles. The lowest BCUT2D eigenvalue weighted by molar-refractivity contribution is -0.657. The second-order valence-corrected chi connectivity index (χ2v) is 21.0. The zero-order valence-corrected chi connectivity index (χ0v) is 56.9. The summed E-state index contributed by atoms with van der Waals surface area (Å²) in [7, 11) is 15.5. The van der Waals surface area contributed by atoms with Crippen LogP contribution in [-0.4, -0.2) is 91.6 Å². The summed E-state index contributed by atoms with van der Waals surface area (Å²) in [5, 5.41) is 60.4. The Balaban J connectivity index is 0.000000382. The molecule has 2 amide bonds. The maximum absolute atomic E-state index is 12.1. The van der Waals surface area contributed by atoms with Gasteiger partial charge in [-0.05, 0) is 134 Å². The summed E-state index contributed by atoms with van der Waals surface area (Å²) in [6.45, 7) is 5.53. The van der Waals surface area contributed by atoms with Gasteiger partial charge in [0.1, 0.15) is 22.7 Å². The molecule has 0 bridgehead atoms. The SMILES string of the molecule is Cn1cc[n+](C)c1N=Nc1ccc(NCCCNC(=O)NCCCNc2ccc(N=Nc3n(C)cc[n+]3C)cc2)cc1.Cn1cc[n+](C)c1N=Nc1ccc(NCCCNc2nc(Cl)nc(NCCCNc3ccc(N=Nc4n(C)cc[n+]4C)cc3)n2)cc1.[Cl-].[Cl-].[Cl-].[Cl-]. The quantitative estimate of drug-likeness (QED) is 0.0139. The number of hydrogen-bond donors (Lipinski definition) is 8. The molecule has 28 nitrogen and oxygen atoms in total. The number of amides is 2. The zero-order valence-electron chi connectivity index (χ0n) is 53.1. The summed E-state index contributed by atoms with van der Waals surface area (Å²) in [6, 6.07) is 31.1. The van der Waals surface area contributed by atoms with Crippen molar-refractivity contribution in [1.29, 1.82) is 0 Å². The molecule has 4 aromatic carbocycles. The molecule has 9 aromatic rings. The van der Waals surface area contributed by atoms with Gasteiger partial charge in [-0.25, -0.2) is 41.3 Å². The van der Waals surface area contributed by atoms with Gasteiger partial charge in [0, 0.05) is 95.6 Å². The van der Waals surface area contributed by atoms with E-state index in [0.717, 1.165) is 121 Å². The molecule has 0 radical (unpaired) electrons. The molecule has 9 rings (SSSR count). The molecule has 0 fully saturated rings. The van der Waals surface area contributed by atoms with Crippen molar-refractivity contribution in [2.45, 2.75) is 25.7 Å². The Labute approximate surface area is 571 Å². The molecule has 0 saturated carbocycles. The second-order valence-electron chi connectivity index (χ2n) is 20.7. The maximum atomic E-state index is 12.1. The molecule has 496 valence electrons. The van der Waals surface area contributed by atoms with Gasteiger partial charge in [-0.3, -0.25) is 0 Å². The molecule has 0 aliphatic rings. The van der Waals surface area contributed by atoms with E-state index >= 15 is 0 Å². The van der Waals surface area contributed by atoms with Gasteiger partial charge in [-0.2, -0.15) is 15.0 Å². The first-order valence-corrected chi connectivity index (χ1v) is 29.6. The van der Waals surface area contributed by atoms with Gasteiger partial charge in [0.25, 0.3) is 0 Å². The average molecular weight is 1370 g/mol. The number of imidazole rings is 4. The fourth-order valence-corrected chi connectivity index (χ4v) is 8.71. The van der Waals surface area contributed by atoms with Gasteiger partial charge >= 0.3 is 29.8 Å². The number of urea groups is 1. The molecule has 8 N–H and O–H groups in total. The van der Waals surface area contributed by atoms with Crippen molar-refractivity contribution in [2.75, 3.05) is 84.3 Å². The van der Waals surface area contributed by atoms with Crippen molar-refractivity contribution in [2.24, 2.45) is 97.3 Å². The van der Waals surface area contributed by atoms with E-state index < -0.39 is 0 Å². The van der Waals surface area contributed by atoms with E-state index in [9.17, 15) is 4.79 Å². The number of nitrogens with one attached hydrogen (secondary N) is 8. The first-order valence-electron chi connectivity index (χ1n) is 29.2. The molecule has 5 aromatic heterocycles. The minimum Gasteiger partial charge on any atom is -1.00 e. The van der Waals surface area contributed by atoms with Gasteiger partial charge in [0.05, 0.1) is 106 Å². The van der Waals surface area contributed by atoms with Crippen LogP contribution in [0.15, 0.2) is 188 Å². The van der Waals surface area contributed by atoms with Crippen LogP contribution in [0.3, 0.4) is 0 Å². The molecule has 93 heavy (non-hydrogen) atoms. The Morgan fingerprint density at radius 3 is 0.839 bits per heavy atom. The monoisotopic (exact) mass is 1370 g/mol. The Hall–Kier alpha value is -9.35. The number of nitrogens with zero attached hydrogens (tertiary/aromatic N) is 19. The molecule has 0 atom stereocenters. The number of carbonyl (C=O) groups is 1. The predicted molar refractivity (Wildman–Crippen MR) is 344 cm³/mol. The predicted octanol–water partition coefficient (Wildman–Crippen LogP) is -2.03. The number of aryl methyl sites for hydroxylation is 8. The number of aromatic nitrogens is 11. The van der Waals surface area contributed by atoms with E-state index in [2.05, 4.69) is 98.4 Å². The van der Waals surface area contributed by atoms with Crippen LogP contribution in [0.4, 0.5) is 86.0 Å². The van der Waals surface area contributed by atoms with Crippen molar-refractivity contribution in [3.63, 3.8) is 0 Å². The summed E-state index contributed by atoms with van der Waals surface area (Å²) in [5.74, 6) is 3.95. The minimum atomic E-state index is -0.155.